The summed E-state index contributed by atoms with van der Waals surface area (Å²) in [4.78, 5) is 7.58. The molecule has 5 nitrogen and oxygen atoms in total. The van der Waals surface area contributed by atoms with E-state index in [0.717, 1.165) is 51.1 Å². The molecule has 1 saturated carbocycles. The molecular formula is C21H39IN4O. The maximum Gasteiger partial charge on any atom is 0.191 e. The summed E-state index contributed by atoms with van der Waals surface area (Å²) < 4.78 is 5.38. The second-order valence-corrected chi connectivity index (χ2v) is 7.97. The van der Waals surface area contributed by atoms with Gasteiger partial charge in [0.25, 0.3) is 0 Å². The van der Waals surface area contributed by atoms with Crippen molar-refractivity contribution in [3.05, 3.63) is 11.6 Å². The number of piperidine rings is 1. The van der Waals surface area contributed by atoms with Gasteiger partial charge in [-0.3, -0.25) is 9.89 Å². The first-order valence-corrected chi connectivity index (χ1v) is 10.9. The van der Waals surface area contributed by atoms with Crippen molar-refractivity contribution in [3.8, 4) is 0 Å². The van der Waals surface area contributed by atoms with Gasteiger partial charge in [-0.15, -0.1) is 24.0 Å². The molecule has 3 rings (SSSR count). The van der Waals surface area contributed by atoms with E-state index < -0.39 is 0 Å². The van der Waals surface area contributed by atoms with Gasteiger partial charge in [0.1, 0.15) is 0 Å². The Labute approximate surface area is 182 Å². The van der Waals surface area contributed by atoms with Crippen LogP contribution in [0.25, 0.3) is 0 Å². The second kappa shape index (κ2) is 13.0. The summed E-state index contributed by atoms with van der Waals surface area (Å²) in [5.41, 5.74) is 1.50. The molecule has 156 valence electrons. The predicted molar refractivity (Wildman–Crippen MR) is 124 cm³/mol. The van der Waals surface area contributed by atoms with E-state index in [2.05, 4.69) is 28.5 Å². The van der Waals surface area contributed by atoms with Gasteiger partial charge in [-0.05, 0) is 52.0 Å². The highest BCUT2D eigenvalue weighted by Gasteiger charge is 2.27. The predicted octanol–water partition coefficient (Wildman–Crippen LogP) is 3.69. The van der Waals surface area contributed by atoms with Crippen LogP contribution in [0.15, 0.2) is 16.6 Å². The van der Waals surface area contributed by atoms with Gasteiger partial charge in [-0.1, -0.05) is 30.9 Å². The van der Waals surface area contributed by atoms with E-state index in [1.54, 1.807) is 0 Å². The van der Waals surface area contributed by atoms with E-state index in [1.165, 1.54) is 63.6 Å². The molecule has 2 heterocycles. The van der Waals surface area contributed by atoms with Crippen LogP contribution >= 0.6 is 24.0 Å². The Balaban J connectivity index is 0.00000261. The molecule has 2 aliphatic heterocycles. The lowest BCUT2D eigenvalue weighted by Gasteiger charge is -2.40. The fourth-order valence-corrected chi connectivity index (χ4v) is 4.52. The summed E-state index contributed by atoms with van der Waals surface area (Å²) in [6.07, 6.45) is 14.0. The number of nitrogens with one attached hydrogen (secondary N) is 2. The SMILES string of the molecule is CCNC(=NCCC1=CCOCC1)NC1CCCN(C2CCCCC2)C1.I. The number of hydrogen-bond acceptors (Lipinski definition) is 3. The van der Waals surface area contributed by atoms with Gasteiger partial charge in [0.05, 0.1) is 13.2 Å². The molecule has 1 unspecified atom stereocenters. The van der Waals surface area contributed by atoms with Crippen LogP contribution in [0.3, 0.4) is 0 Å². The number of ether oxygens (including phenoxy) is 1. The van der Waals surface area contributed by atoms with Crippen LogP contribution in [0.2, 0.25) is 0 Å². The maximum absolute atomic E-state index is 5.38. The first-order chi connectivity index (χ1) is 12.8. The number of nitrogens with zero attached hydrogens (tertiary/aromatic N) is 2. The zero-order valence-electron chi connectivity index (χ0n) is 17.0. The summed E-state index contributed by atoms with van der Waals surface area (Å²) in [6.45, 7) is 8.03. The first-order valence-electron chi connectivity index (χ1n) is 10.9. The van der Waals surface area contributed by atoms with Gasteiger partial charge >= 0.3 is 0 Å². The Morgan fingerprint density at radius 3 is 2.81 bits per heavy atom. The lowest BCUT2D eigenvalue weighted by Crippen LogP contribution is -2.53. The highest BCUT2D eigenvalue weighted by atomic mass is 127. The van der Waals surface area contributed by atoms with Gasteiger partial charge < -0.3 is 15.4 Å². The van der Waals surface area contributed by atoms with E-state index >= 15 is 0 Å². The highest BCUT2D eigenvalue weighted by molar-refractivity contribution is 14.0. The van der Waals surface area contributed by atoms with Gasteiger partial charge in [-0.25, -0.2) is 0 Å². The largest absolute Gasteiger partial charge is 0.377 e. The van der Waals surface area contributed by atoms with Crippen molar-refractivity contribution in [1.82, 2.24) is 15.5 Å². The third kappa shape index (κ3) is 7.89. The highest BCUT2D eigenvalue weighted by Crippen LogP contribution is 2.25. The molecule has 0 aromatic carbocycles. The molecular weight excluding hydrogens is 451 g/mol. The van der Waals surface area contributed by atoms with E-state index in [0.29, 0.717) is 6.04 Å². The lowest BCUT2D eigenvalue weighted by atomic mass is 9.92. The van der Waals surface area contributed by atoms with Crippen LogP contribution in [-0.4, -0.2) is 62.3 Å². The normalized spacial score (nSPS) is 25.4. The molecule has 0 aromatic rings. The lowest BCUT2D eigenvalue weighted by molar-refractivity contribution is 0.115. The van der Waals surface area contributed by atoms with Crippen LogP contribution < -0.4 is 10.6 Å². The summed E-state index contributed by atoms with van der Waals surface area (Å²) >= 11 is 0. The van der Waals surface area contributed by atoms with Gasteiger partial charge in [0, 0.05) is 31.7 Å². The molecule has 2 fully saturated rings. The molecule has 1 atom stereocenters. The van der Waals surface area contributed by atoms with E-state index in [9.17, 15) is 0 Å². The minimum Gasteiger partial charge on any atom is -0.377 e. The van der Waals surface area contributed by atoms with Crippen molar-refractivity contribution in [2.24, 2.45) is 4.99 Å². The van der Waals surface area contributed by atoms with E-state index in [-0.39, 0.29) is 24.0 Å². The fourth-order valence-electron chi connectivity index (χ4n) is 4.52. The Hall–Kier alpha value is -0.340. The number of guanidine groups is 1. The summed E-state index contributed by atoms with van der Waals surface area (Å²) in [7, 11) is 0. The Morgan fingerprint density at radius 1 is 1.22 bits per heavy atom. The van der Waals surface area contributed by atoms with Crippen molar-refractivity contribution in [2.45, 2.75) is 76.8 Å². The van der Waals surface area contributed by atoms with Gasteiger partial charge in [0.2, 0.25) is 0 Å². The Kier molecular flexibility index (Phi) is 11.0. The van der Waals surface area contributed by atoms with Crippen molar-refractivity contribution in [1.29, 1.82) is 0 Å². The number of aliphatic imine (C=N–C) groups is 1. The standard InChI is InChI=1S/C21H38N4O.HI/c1-2-22-21(23-13-10-18-11-15-26-16-12-18)24-19-7-6-14-25(17-19)20-8-4-3-5-9-20;/h11,19-20H,2-10,12-17H2,1H3,(H2,22,23,24);1H. The summed E-state index contributed by atoms with van der Waals surface area (Å²) in [6, 6.07) is 1.36. The van der Waals surface area contributed by atoms with Crippen molar-refractivity contribution in [3.63, 3.8) is 0 Å². The third-order valence-electron chi connectivity index (χ3n) is 5.99. The summed E-state index contributed by atoms with van der Waals surface area (Å²) in [5, 5.41) is 7.15. The summed E-state index contributed by atoms with van der Waals surface area (Å²) in [5.74, 6) is 0.996. The Morgan fingerprint density at radius 2 is 2.07 bits per heavy atom. The molecule has 6 heteroatoms. The average Bonchev–Trinajstić information content (AvgIpc) is 2.70. The van der Waals surface area contributed by atoms with Crippen LogP contribution in [0.5, 0.6) is 0 Å². The van der Waals surface area contributed by atoms with Crippen LogP contribution in [0.4, 0.5) is 0 Å². The number of rotatable bonds is 6. The number of likely N-dealkylation sites (tertiary alicyclic amines) is 1. The topological polar surface area (TPSA) is 48.9 Å². The molecule has 1 saturated heterocycles. The maximum atomic E-state index is 5.38. The minimum absolute atomic E-state index is 0. The smallest absolute Gasteiger partial charge is 0.191 e. The Bertz CT molecular complexity index is 477. The van der Waals surface area contributed by atoms with Crippen molar-refractivity contribution in [2.75, 3.05) is 39.4 Å². The monoisotopic (exact) mass is 490 g/mol. The molecule has 2 N–H and O–H groups in total. The zero-order chi connectivity index (χ0) is 18.0. The molecule has 0 bridgehead atoms. The first kappa shape index (κ1) is 22.9. The molecule has 3 aliphatic rings. The van der Waals surface area contributed by atoms with Gasteiger partial charge in [-0.2, -0.15) is 0 Å². The second-order valence-electron chi connectivity index (χ2n) is 7.97. The third-order valence-corrected chi connectivity index (χ3v) is 5.99. The number of halogens is 1. The molecule has 0 aromatic heterocycles. The van der Waals surface area contributed by atoms with Crippen LogP contribution in [-0.2, 0) is 4.74 Å². The van der Waals surface area contributed by atoms with Gasteiger partial charge in [0.15, 0.2) is 5.96 Å². The van der Waals surface area contributed by atoms with Crippen LogP contribution in [0, 0.1) is 0 Å². The minimum atomic E-state index is 0. The molecule has 0 radical (unpaired) electrons. The molecule has 0 amide bonds. The number of hydrogen-bond donors (Lipinski definition) is 2. The zero-order valence-corrected chi connectivity index (χ0v) is 19.4. The van der Waals surface area contributed by atoms with Crippen molar-refractivity contribution < 1.29 is 4.74 Å². The quantitative estimate of drug-likeness (QED) is 0.258. The van der Waals surface area contributed by atoms with Crippen LogP contribution in [0.1, 0.15) is 64.7 Å². The van der Waals surface area contributed by atoms with E-state index in [4.69, 9.17) is 9.73 Å². The molecule has 1 aliphatic carbocycles. The average molecular weight is 490 g/mol. The fraction of sp³-hybridized carbons (Fsp3) is 0.857. The molecule has 0 spiro atoms. The van der Waals surface area contributed by atoms with Crippen molar-refractivity contribution >= 4 is 29.9 Å². The van der Waals surface area contributed by atoms with E-state index in [1.807, 2.05) is 0 Å². The molecule has 27 heavy (non-hydrogen) atoms.